The Bertz CT molecular complexity index is 452. The zero-order valence-corrected chi connectivity index (χ0v) is 9.55. The summed E-state index contributed by atoms with van der Waals surface area (Å²) in [7, 11) is -4.13. The van der Waals surface area contributed by atoms with Crippen molar-refractivity contribution in [1.82, 2.24) is 4.72 Å². The molecule has 16 heavy (non-hydrogen) atoms. The molecule has 0 aromatic carbocycles. The van der Waals surface area contributed by atoms with Crippen LogP contribution in [0.5, 0.6) is 0 Å². The minimum absolute atomic E-state index is 0.0278. The Kier molecular flexibility index (Phi) is 3.94. The molecule has 0 aliphatic rings. The average molecular weight is 274 g/mol. The second-order valence-electron chi connectivity index (χ2n) is 2.85. The maximum absolute atomic E-state index is 11.9. The molecule has 0 unspecified atom stereocenters. The van der Waals surface area contributed by atoms with Crippen LogP contribution in [0, 0.1) is 0 Å². The van der Waals surface area contributed by atoms with Gasteiger partial charge in [0.25, 0.3) is 0 Å². The molecule has 0 aliphatic carbocycles. The second kappa shape index (κ2) is 4.70. The van der Waals surface area contributed by atoms with Gasteiger partial charge in [-0.05, 0) is 11.4 Å². The van der Waals surface area contributed by atoms with Crippen molar-refractivity contribution in [2.75, 3.05) is 6.54 Å². The van der Waals surface area contributed by atoms with Crippen LogP contribution in [0.15, 0.2) is 16.3 Å². The van der Waals surface area contributed by atoms with Gasteiger partial charge in [-0.1, -0.05) is 0 Å². The van der Waals surface area contributed by atoms with Crippen molar-refractivity contribution in [2.24, 2.45) is 5.73 Å². The van der Waals surface area contributed by atoms with E-state index in [4.69, 9.17) is 5.73 Å². The molecule has 0 radical (unpaired) electrons. The van der Waals surface area contributed by atoms with Crippen LogP contribution in [0.4, 0.5) is 13.2 Å². The summed E-state index contributed by atoms with van der Waals surface area (Å²) in [6.07, 6.45) is -4.58. The highest BCUT2D eigenvalue weighted by Crippen LogP contribution is 2.22. The van der Waals surface area contributed by atoms with Crippen molar-refractivity contribution in [3.63, 3.8) is 0 Å². The molecule has 92 valence electrons. The van der Waals surface area contributed by atoms with Crippen LogP contribution in [0.1, 0.15) is 4.88 Å². The van der Waals surface area contributed by atoms with E-state index < -0.39 is 22.7 Å². The Hall–Kier alpha value is -0.640. The number of nitrogens with two attached hydrogens (primary N) is 1. The van der Waals surface area contributed by atoms with E-state index in [1.165, 1.54) is 16.2 Å². The van der Waals surface area contributed by atoms with Crippen molar-refractivity contribution in [1.29, 1.82) is 0 Å². The molecule has 0 saturated heterocycles. The van der Waals surface area contributed by atoms with Crippen LogP contribution in [-0.4, -0.2) is 21.1 Å². The first-order valence-corrected chi connectivity index (χ1v) is 6.45. The maximum Gasteiger partial charge on any atom is 0.402 e. The topological polar surface area (TPSA) is 72.2 Å². The molecule has 1 rings (SSSR count). The summed E-state index contributed by atoms with van der Waals surface area (Å²) in [5, 5.41) is 1.46. The molecular formula is C7H9F3N2O2S2. The van der Waals surface area contributed by atoms with Gasteiger partial charge >= 0.3 is 6.18 Å². The molecule has 1 heterocycles. The van der Waals surface area contributed by atoms with Gasteiger partial charge in [-0.15, -0.1) is 11.3 Å². The second-order valence-corrected chi connectivity index (χ2v) is 5.59. The van der Waals surface area contributed by atoms with Crippen LogP contribution in [0.3, 0.4) is 0 Å². The third-order valence-electron chi connectivity index (χ3n) is 1.64. The maximum atomic E-state index is 11.9. The van der Waals surface area contributed by atoms with Crippen LogP contribution < -0.4 is 10.5 Å². The van der Waals surface area contributed by atoms with Gasteiger partial charge in [0, 0.05) is 11.4 Å². The third kappa shape index (κ3) is 3.44. The minimum Gasteiger partial charge on any atom is -0.326 e. The summed E-state index contributed by atoms with van der Waals surface area (Å²) < 4.78 is 60.0. The summed E-state index contributed by atoms with van der Waals surface area (Å²) in [5.41, 5.74) is 5.27. The number of thiophene rings is 1. The van der Waals surface area contributed by atoms with Crippen LogP contribution in [0.2, 0.25) is 0 Å². The average Bonchev–Trinajstić information content (AvgIpc) is 2.62. The Balaban J connectivity index is 2.87. The lowest BCUT2D eigenvalue weighted by atomic mass is 10.5. The lowest BCUT2D eigenvalue weighted by molar-refractivity contribution is -0.121. The predicted octanol–water partition coefficient (Wildman–Crippen LogP) is 1.05. The van der Waals surface area contributed by atoms with E-state index in [9.17, 15) is 21.6 Å². The fourth-order valence-corrected chi connectivity index (χ4v) is 3.32. The first-order chi connectivity index (χ1) is 7.26. The monoisotopic (exact) mass is 274 g/mol. The van der Waals surface area contributed by atoms with E-state index in [-0.39, 0.29) is 11.4 Å². The Labute approximate surface area is 94.3 Å². The number of alkyl halides is 3. The van der Waals surface area contributed by atoms with Gasteiger partial charge in [0.2, 0.25) is 10.0 Å². The lowest BCUT2D eigenvalue weighted by Crippen LogP contribution is -2.34. The van der Waals surface area contributed by atoms with Crippen LogP contribution in [0.25, 0.3) is 0 Å². The summed E-state index contributed by atoms with van der Waals surface area (Å²) >= 11 is 1.08. The predicted molar refractivity (Wildman–Crippen MR) is 53.5 cm³/mol. The highest BCUT2D eigenvalue weighted by atomic mass is 32.2. The largest absolute Gasteiger partial charge is 0.402 e. The molecule has 0 atom stereocenters. The van der Waals surface area contributed by atoms with Crippen molar-refractivity contribution < 1.29 is 21.6 Å². The zero-order valence-electron chi connectivity index (χ0n) is 7.91. The van der Waals surface area contributed by atoms with Gasteiger partial charge < -0.3 is 5.73 Å². The number of sulfonamides is 1. The SMILES string of the molecule is NCc1sccc1S(=O)(=O)NCC(F)(F)F. The molecule has 9 heteroatoms. The van der Waals surface area contributed by atoms with E-state index in [0.29, 0.717) is 4.88 Å². The van der Waals surface area contributed by atoms with E-state index >= 15 is 0 Å². The van der Waals surface area contributed by atoms with Gasteiger partial charge in [-0.3, -0.25) is 0 Å². The summed E-state index contributed by atoms with van der Waals surface area (Å²) in [6.45, 7) is -1.62. The number of nitrogens with one attached hydrogen (secondary N) is 1. The lowest BCUT2D eigenvalue weighted by Gasteiger charge is -2.09. The number of halogens is 3. The normalized spacial score (nSPS) is 13.0. The standard InChI is InChI=1S/C7H9F3N2O2S2/c8-7(9,10)4-12-16(13,14)6-1-2-15-5(6)3-11/h1-2,12H,3-4,11H2. The fraction of sp³-hybridized carbons (Fsp3) is 0.429. The van der Waals surface area contributed by atoms with Gasteiger partial charge in [-0.2, -0.15) is 13.2 Å². The molecule has 1 aromatic rings. The first kappa shape index (κ1) is 13.4. The molecule has 1 aromatic heterocycles. The highest BCUT2D eigenvalue weighted by Gasteiger charge is 2.30. The van der Waals surface area contributed by atoms with E-state index in [2.05, 4.69) is 0 Å². The van der Waals surface area contributed by atoms with Gasteiger partial charge in [0.15, 0.2) is 0 Å². The molecule has 0 amide bonds. The fourth-order valence-electron chi connectivity index (χ4n) is 0.972. The van der Waals surface area contributed by atoms with Crippen LogP contribution in [-0.2, 0) is 16.6 Å². The third-order valence-corrected chi connectivity index (χ3v) is 4.20. The Morgan fingerprint density at radius 3 is 2.56 bits per heavy atom. The van der Waals surface area contributed by atoms with Gasteiger partial charge in [0.05, 0.1) is 4.90 Å². The number of hydrogen-bond acceptors (Lipinski definition) is 4. The Morgan fingerprint density at radius 2 is 2.06 bits per heavy atom. The van der Waals surface area contributed by atoms with Gasteiger partial charge in [0.1, 0.15) is 6.54 Å². The van der Waals surface area contributed by atoms with Crippen molar-refractivity contribution in [2.45, 2.75) is 17.6 Å². The quantitative estimate of drug-likeness (QED) is 0.862. The zero-order chi connectivity index (χ0) is 12.4. The molecule has 4 nitrogen and oxygen atoms in total. The van der Waals surface area contributed by atoms with E-state index in [1.54, 1.807) is 0 Å². The molecule has 0 saturated carbocycles. The molecule has 0 spiro atoms. The molecule has 0 aliphatic heterocycles. The number of rotatable bonds is 4. The summed E-state index contributed by atoms with van der Waals surface area (Å²) in [4.78, 5) is 0.138. The van der Waals surface area contributed by atoms with Crippen molar-refractivity contribution >= 4 is 21.4 Å². The van der Waals surface area contributed by atoms with Crippen LogP contribution >= 0.6 is 11.3 Å². The first-order valence-electron chi connectivity index (χ1n) is 4.09. The number of hydrogen-bond donors (Lipinski definition) is 2. The van der Waals surface area contributed by atoms with Crippen molar-refractivity contribution in [3.05, 3.63) is 16.3 Å². The molecule has 3 N–H and O–H groups in total. The van der Waals surface area contributed by atoms with E-state index in [1.807, 2.05) is 0 Å². The summed E-state index contributed by atoms with van der Waals surface area (Å²) in [5.74, 6) is 0. The smallest absolute Gasteiger partial charge is 0.326 e. The summed E-state index contributed by atoms with van der Waals surface area (Å²) in [6, 6.07) is 1.23. The van der Waals surface area contributed by atoms with Gasteiger partial charge in [-0.25, -0.2) is 13.1 Å². The van der Waals surface area contributed by atoms with Crippen molar-refractivity contribution in [3.8, 4) is 0 Å². The molecular weight excluding hydrogens is 265 g/mol. The minimum atomic E-state index is -4.58. The molecule has 0 fully saturated rings. The Morgan fingerprint density at radius 1 is 1.44 bits per heavy atom. The van der Waals surface area contributed by atoms with E-state index in [0.717, 1.165) is 11.3 Å². The molecule has 0 bridgehead atoms. The highest BCUT2D eigenvalue weighted by molar-refractivity contribution is 7.89.